The summed E-state index contributed by atoms with van der Waals surface area (Å²) in [4.78, 5) is 23.5. The summed E-state index contributed by atoms with van der Waals surface area (Å²) in [6.07, 6.45) is 10.8. The van der Waals surface area contributed by atoms with E-state index < -0.39 is 0 Å². The quantitative estimate of drug-likeness (QED) is 0.254. The lowest BCUT2D eigenvalue weighted by Crippen LogP contribution is -2.54. The number of anilines is 1. The van der Waals surface area contributed by atoms with Crippen LogP contribution in [0, 0.1) is 0 Å². The average molecular weight is 651 g/mol. The van der Waals surface area contributed by atoms with Gasteiger partial charge >= 0.3 is 6.03 Å². The molecule has 7 rings (SSSR count). The summed E-state index contributed by atoms with van der Waals surface area (Å²) in [7, 11) is 0. The third kappa shape index (κ3) is 6.93. The minimum atomic E-state index is -0.186. The number of fused-ring (bicyclic) bond motifs is 2. The number of amides is 2. The molecule has 3 fully saturated rings. The second kappa shape index (κ2) is 14.2. The molecule has 3 saturated heterocycles. The van der Waals surface area contributed by atoms with Gasteiger partial charge in [0, 0.05) is 61.6 Å². The van der Waals surface area contributed by atoms with Gasteiger partial charge in [0.25, 0.3) is 0 Å². The van der Waals surface area contributed by atoms with Gasteiger partial charge in [0.15, 0.2) is 0 Å². The Bertz CT molecular complexity index is 1610. The first kappa shape index (κ1) is 32.6. The number of para-hydroxylation sites is 1. The molecule has 1 aromatic heterocycles. The zero-order valence-electron chi connectivity index (χ0n) is 29.0. The number of rotatable bonds is 8. The summed E-state index contributed by atoms with van der Waals surface area (Å²) in [5.74, 6) is 1.31. The first-order valence-electron chi connectivity index (χ1n) is 18.3. The molecule has 0 aliphatic carbocycles. The van der Waals surface area contributed by atoms with Crippen LogP contribution in [0.25, 0.3) is 10.9 Å². The second-order valence-corrected chi connectivity index (χ2v) is 14.8. The highest BCUT2D eigenvalue weighted by Crippen LogP contribution is 2.32. The summed E-state index contributed by atoms with van der Waals surface area (Å²) in [5.41, 5.74) is 7.04. The van der Waals surface area contributed by atoms with Crippen molar-refractivity contribution < 1.29 is 4.79 Å². The van der Waals surface area contributed by atoms with E-state index in [1.807, 2.05) is 11.1 Å². The van der Waals surface area contributed by atoms with Gasteiger partial charge in [-0.1, -0.05) is 57.7 Å². The van der Waals surface area contributed by atoms with Gasteiger partial charge in [0.1, 0.15) is 0 Å². The van der Waals surface area contributed by atoms with Gasteiger partial charge in [0.2, 0.25) is 0 Å². The van der Waals surface area contributed by atoms with Gasteiger partial charge in [-0.05, 0) is 92.8 Å². The van der Waals surface area contributed by atoms with E-state index in [4.69, 9.17) is 0 Å². The molecule has 0 radical (unpaired) electrons. The first-order chi connectivity index (χ1) is 23.3. The number of aromatic amines is 1. The molecule has 48 heavy (non-hydrogen) atoms. The minimum absolute atomic E-state index is 0.0113. The summed E-state index contributed by atoms with van der Waals surface area (Å²) in [6, 6.07) is 13.8. The lowest BCUT2D eigenvalue weighted by atomic mass is 9.93. The Morgan fingerprint density at radius 3 is 2.42 bits per heavy atom. The fourth-order valence-electron chi connectivity index (χ4n) is 8.49. The van der Waals surface area contributed by atoms with Crippen LogP contribution < -0.4 is 10.6 Å². The maximum absolute atomic E-state index is 14.0. The molecular weight excluding hydrogens is 596 g/mol. The van der Waals surface area contributed by atoms with E-state index in [9.17, 15) is 4.79 Å². The van der Waals surface area contributed by atoms with E-state index in [0.717, 1.165) is 86.5 Å². The van der Waals surface area contributed by atoms with Crippen LogP contribution in [0.3, 0.4) is 0 Å². The van der Waals surface area contributed by atoms with E-state index in [1.54, 1.807) is 0 Å². The molecule has 2 aromatic carbocycles. The van der Waals surface area contributed by atoms with Crippen LogP contribution >= 0.6 is 0 Å². The molecule has 0 bridgehead atoms. The fourth-order valence-corrected chi connectivity index (χ4v) is 8.49. The Balaban J connectivity index is 1.03. The highest BCUT2D eigenvalue weighted by Gasteiger charge is 2.33. The van der Waals surface area contributed by atoms with Crippen molar-refractivity contribution in [2.24, 2.45) is 0 Å². The molecule has 1 unspecified atom stereocenters. The molecule has 2 amide bonds. The van der Waals surface area contributed by atoms with Crippen molar-refractivity contribution in [3.8, 4) is 0 Å². The molecule has 4 aliphatic heterocycles. The van der Waals surface area contributed by atoms with E-state index in [0.29, 0.717) is 24.4 Å². The number of piperidine rings is 3. The second-order valence-electron chi connectivity index (χ2n) is 14.8. The van der Waals surface area contributed by atoms with Gasteiger partial charge in [-0.25, -0.2) is 4.79 Å². The lowest BCUT2D eigenvalue weighted by molar-refractivity contribution is 0.101. The van der Waals surface area contributed by atoms with Crippen molar-refractivity contribution >= 4 is 22.6 Å². The third-order valence-corrected chi connectivity index (χ3v) is 11.4. The van der Waals surface area contributed by atoms with Crippen molar-refractivity contribution in [2.45, 2.75) is 95.8 Å². The molecule has 256 valence electrons. The zero-order chi connectivity index (χ0) is 33.2. The average Bonchev–Trinajstić information content (AvgIpc) is 3.59. The summed E-state index contributed by atoms with van der Waals surface area (Å²) in [5, 5.41) is 15.6. The molecule has 1 atom stereocenters. The predicted molar refractivity (Wildman–Crippen MR) is 195 cm³/mol. The third-order valence-electron chi connectivity index (χ3n) is 11.4. The number of hydrogen-bond acceptors (Lipinski definition) is 6. The Morgan fingerprint density at radius 1 is 0.958 bits per heavy atom. The molecule has 0 spiro atoms. The maximum Gasteiger partial charge on any atom is 0.317 e. The Morgan fingerprint density at radius 2 is 1.67 bits per heavy atom. The van der Waals surface area contributed by atoms with Crippen molar-refractivity contribution in [1.82, 2.24) is 35.1 Å². The number of carbonyl (C=O) groups is 1. The Labute approximate surface area is 286 Å². The minimum Gasteiger partial charge on any atom is -0.373 e. The molecule has 4 aliphatic rings. The van der Waals surface area contributed by atoms with Crippen molar-refractivity contribution in [1.29, 1.82) is 0 Å². The molecule has 5 heterocycles. The van der Waals surface area contributed by atoms with Crippen molar-refractivity contribution in [3.05, 3.63) is 84.0 Å². The lowest BCUT2D eigenvalue weighted by Gasteiger charge is -2.44. The van der Waals surface area contributed by atoms with Crippen LogP contribution in [0.5, 0.6) is 0 Å². The maximum atomic E-state index is 14.0. The number of nitrogens with zero attached hydrogens (tertiary/aromatic N) is 5. The number of H-pyrrole nitrogens is 1. The number of likely N-dealkylation sites (tertiary alicyclic amines) is 3. The normalized spacial score (nSPS) is 20.6. The topological polar surface area (TPSA) is 82.8 Å². The van der Waals surface area contributed by atoms with Gasteiger partial charge in [-0.15, -0.1) is 0 Å². The largest absolute Gasteiger partial charge is 0.373 e. The van der Waals surface area contributed by atoms with Crippen LogP contribution in [0.2, 0.25) is 0 Å². The summed E-state index contributed by atoms with van der Waals surface area (Å²) < 4.78 is 0. The smallest absolute Gasteiger partial charge is 0.317 e. The number of hydrogen-bond donors (Lipinski definition) is 3. The van der Waals surface area contributed by atoms with Gasteiger partial charge in [-0.3, -0.25) is 5.10 Å². The van der Waals surface area contributed by atoms with E-state index in [2.05, 4.69) is 98.9 Å². The Kier molecular flexibility index (Phi) is 9.66. The van der Waals surface area contributed by atoms with Crippen LogP contribution in [-0.4, -0.2) is 93.2 Å². The molecule has 3 N–H and O–H groups in total. The number of urea groups is 1. The molecular formula is C39H54N8O. The van der Waals surface area contributed by atoms with E-state index in [1.165, 1.54) is 49.0 Å². The first-order valence-corrected chi connectivity index (χ1v) is 18.3. The van der Waals surface area contributed by atoms with Gasteiger partial charge < -0.3 is 30.2 Å². The zero-order valence-corrected chi connectivity index (χ0v) is 29.0. The highest BCUT2D eigenvalue weighted by molar-refractivity contribution is 5.83. The van der Waals surface area contributed by atoms with Crippen LogP contribution in [0.15, 0.2) is 67.3 Å². The fraction of sp³-hybridized carbons (Fsp3) is 0.538. The van der Waals surface area contributed by atoms with Gasteiger partial charge in [-0.2, -0.15) is 5.10 Å². The van der Waals surface area contributed by atoms with Crippen molar-refractivity contribution in [3.63, 3.8) is 0 Å². The summed E-state index contributed by atoms with van der Waals surface area (Å²) >= 11 is 0. The molecule has 9 nitrogen and oxygen atoms in total. The number of aromatic nitrogens is 2. The monoisotopic (exact) mass is 650 g/mol. The van der Waals surface area contributed by atoms with Crippen LogP contribution in [0.1, 0.15) is 81.4 Å². The number of carbonyl (C=O) groups excluding carboxylic acids is 1. The van der Waals surface area contributed by atoms with Gasteiger partial charge in [0.05, 0.1) is 23.6 Å². The number of nitrogens with one attached hydrogen (secondary N) is 3. The van der Waals surface area contributed by atoms with Crippen LogP contribution in [-0.2, 0) is 13.0 Å². The predicted octanol–water partition coefficient (Wildman–Crippen LogP) is 6.63. The SMILES string of the molecule is C=C(C(Cc1cc(C(C)C)c2[nH]ncc2c1)NC(=O)N1CCC(N2Cc3ccccc3NC2=C)CC1)N1CCC(N2CCCCC2)CC1. The number of benzene rings is 2. The standard InChI is InChI=1S/C39H54N8O/c1-27(2)35-23-30(22-32-25-40-43-38(32)35)24-37(28(3)44-18-12-33(13-19-44)45-16-8-5-9-17-45)42-39(48)46-20-14-34(15-21-46)47-26-31-10-6-7-11-36(31)41-29(47)4/h6-7,10-11,22-23,25,27,33-34,37,41H,3-5,8-9,12-21,24,26H2,1-2H3,(H,40,43)(H,42,48). The van der Waals surface area contributed by atoms with E-state index >= 15 is 0 Å². The Hall–Kier alpha value is -3.98. The summed E-state index contributed by atoms with van der Waals surface area (Å²) in [6.45, 7) is 20.2. The molecule has 3 aromatic rings. The molecule has 0 saturated carbocycles. The van der Waals surface area contributed by atoms with Crippen LogP contribution in [0.4, 0.5) is 10.5 Å². The highest BCUT2D eigenvalue weighted by atomic mass is 16.2. The van der Waals surface area contributed by atoms with E-state index in [-0.39, 0.29) is 12.1 Å². The molecule has 9 heteroatoms. The van der Waals surface area contributed by atoms with Crippen molar-refractivity contribution in [2.75, 3.05) is 44.6 Å².